The fraction of sp³-hybridized carbons (Fsp3) is 1.00. The monoisotopic (exact) mass is 153 g/mol. The van der Waals surface area contributed by atoms with Crippen LogP contribution in [0.4, 0.5) is 0 Å². The van der Waals surface area contributed by atoms with Crippen molar-refractivity contribution in [3.63, 3.8) is 0 Å². The second-order valence-corrected chi connectivity index (χ2v) is 5.22. The Balaban J connectivity index is 2.40. The normalized spacial score (nSPS) is 53.5. The summed E-state index contributed by atoms with van der Waals surface area (Å²) in [7, 11) is 0. The van der Waals surface area contributed by atoms with E-state index in [9.17, 15) is 0 Å². The van der Waals surface area contributed by atoms with Gasteiger partial charge >= 0.3 is 0 Å². The van der Waals surface area contributed by atoms with Crippen LogP contribution in [-0.2, 0) is 0 Å². The molecule has 2 fully saturated rings. The first kappa shape index (κ1) is 7.60. The molecule has 0 aromatic rings. The van der Waals surface area contributed by atoms with Gasteiger partial charge in [0, 0.05) is 6.04 Å². The Hall–Kier alpha value is -0.0400. The molecular formula is C10H19N. The fourth-order valence-electron chi connectivity index (χ4n) is 3.27. The Morgan fingerprint density at radius 3 is 2.09 bits per heavy atom. The van der Waals surface area contributed by atoms with Crippen molar-refractivity contribution in [1.82, 2.24) is 0 Å². The van der Waals surface area contributed by atoms with Gasteiger partial charge in [-0.15, -0.1) is 0 Å². The number of hydrogen-bond donors (Lipinski definition) is 1. The molecule has 0 amide bonds. The molecule has 0 heterocycles. The molecule has 2 N–H and O–H groups in total. The number of hydrogen-bond acceptors (Lipinski definition) is 1. The van der Waals surface area contributed by atoms with Gasteiger partial charge in [-0.2, -0.15) is 0 Å². The SMILES string of the molecule is CC12CC[C@@H](CC1N)C2(C)C. The molecule has 0 saturated heterocycles. The molecule has 1 nitrogen and oxygen atoms in total. The number of nitrogens with two attached hydrogens (primary N) is 1. The lowest BCUT2D eigenvalue weighted by molar-refractivity contribution is 0.136. The molecule has 64 valence electrons. The van der Waals surface area contributed by atoms with Gasteiger partial charge < -0.3 is 5.73 Å². The molecule has 1 heteroatoms. The number of fused-ring (bicyclic) bond motifs is 2. The Morgan fingerprint density at radius 2 is 1.91 bits per heavy atom. The lowest BCUT2D eigenvalue weighted by Gasteiger charge is -2.37. The van der Waals surface area contributed by atoms with Gasteiger partial charge in [-0.05, 0) is 36.0 Å². The fourth-order valence-corrected chi connectivity index (χ4v) is 3.27. The van der Waals surface area contributed by atoms with Crippen molar-refractivity contribution in [1.29, 1.82) is 0 Å². The Kier molecular flexibility index (Phi) is 1.26. The van der Waals surface area contributed by atoms with Gasteiger partial charge in [-0.3, -0.25) is 0 Å². The highest BCUT2D eigenvalue weighted by molar-refractivity contribution is 5.11. The van der Waals surface area contributed by atoms with Crippen LogP contribution in [0.5, 0.6) is 0 Å². The van der Waals surface area contributed by atoms with Crippen LogP contribution in [0.25, 0.3) is 0 Å². The van der Waals surface area contributed by atoms with Crippen molar-refractivity contribution < 1.29 is 0 Å². The van der Waals surface area contributed by atoms with Crippen LogP contribution in [-0.4, -0.2) is 6.04 Å². The minimum Gasteiger partial charge on any atom is -0.327 e. The molecule has 0 spiro atoms. The molecule has 0 aromatic heterocycles. The molecule has 3 atom stereocenters. The molecule has 2 rings (SSSR count). The molecule has 2 saturated carbocycles. The van der Waals surface area contributed by atoms with Gasteiger partial charge in [-0.1, -0.05) is 20.8 Å². The summed E-state index contributed by atoms with van der Waals surface area (Å²) in [6, 6.07) is 0.469. The van der Waals surface area contributed by atoms with Gasteiger partial charge in [0.15, 0.2) is 0 Å². The highest BCUT2D eigenvalue weighted by Crippen LogP contribution is 2.64. The summed E-state index contributed by atoms with van der Waals surface area (Å²) in [5, 5.41) is 0. The van der Waals surface area contributed by atoms with Crippen LogP contribution in [0.1, 0.15) is 40.0 Å². The Bertz CT molecular complexity index is 185. The maximum atomic E-state index is 6.13. The zero-order valence-electron chi connectivity index (χ0n) is 7.85. The molecule has 0 aromatic carbocycles. The summed E-state index contributed by atoms with van der Waals surface area (Å²) in [4.78, 5) is 0. The van der Waals surface area contributed by atoms with E-state index in [1.54, 1.807) is 0 Å². The molecular weight excluding hydrogens is 134 g/mol. The molecule has 2 aliphatic carbocycles. The predicted octanol–water partition coefficient (Wildman–Crippen LogP) is 2.16. The molecule has 2 aliphatic rings. The van der Waals surface area contributed by atoms with E-state index in [-0.39, 0.29) is 0 Å². The predicted molar refractivity (Wildman–Crippen MR) is 47.2 cm³/mol. The summed E-state index contributed by atoms with van der Waals surface area (Å²) < 4.78 is 0. The van der Waals surface area contributed by atoms with E-state index >= 15 is 0 Å². The van der Waals surface area contributed by atoms with Crippen LogP contribution in [0, 0.1) is 16.7 Å². The highest BCUT2D eigenvalue weighted by Gasteiger charge is 2.59. The van der Waals surface area contributed by atoms with E-state index in [1.807, 2.05) is 0 Å². The van der Waals surface area contributed by atoms with Crippen LogP contribution >= 0.6 is 0 Å². The minimum atomic E-state index is 0.442. The van der Waals surface area contributed by atoms with E-state index in [1.165, 1.54) is 19.3 Å². The standard InChI is InChI=1S/C10H19N/c1-9(2)7-4-5-10(9,3)8(11)6-7/h7-8H,4-6,11H2,1-3H3/t7-,8?,10?/m0/s1. The van der Waals surface area contributed by atoms with Crippen molar-refractivity contribution in [3.05, 3.63) is 0 Å². The minimum absolute atomic E-state index is 0.442. The van der Waals surface area contributed by atoms with Gasteiger partial charge in [0.25, 0.3) is 0 Å². The average molecular weight is 153 g/mol. The zero-order chi connectivity index (χ0) is 8.28. The topological polar surface area (TPSA) is 26.0 Å². The highest BCUT2D eigenvalue weighted by atomic mass is 14.8. The number of rotatable bonds is 0. The largest absolute Gasteiger partial charge is 0.327 e. The van der Waals surface area contributed by atoms with Crippen LogP contribution < -0.4 is 5.73 Å². The quantitative estimate of drug-likeness (QED) is 0.567. The van der Waals surface area contributed by atoms with Crippen LogP contribution in [0.15, 0.2) is 0 Å². The van der Waals surface area contributed by atoms with Crippen molar-refractivity contribution >= 4 is 0 Å². The van der Waals surface area contributed by atoms with Crippen molar-refractivity contribution in [3.8, 4) is 0 Å². The van der Waals surface area contributed by atoms with Crippen molar-refractivity contribution in [2.75, 3.05) is 0 Å². The van der Waals surface area contributed by atoms with Gasteiger partial charge in [0.1, 0.15) is 0 Å². The van der Waals surface area contributed by atoms with Crippen molar-refractivity contribution in [2.24, 2.45) is 22.5 Å². The maximum absolute atomic E-state index is 6.13. The first-order chi connectivity index (χ1) is 4.98. The lowest BCUT2D eigenvalue weighted by Crippen LogP contribution is -2.40. The van der Waals surface area contributed by atoms with Gasteiger partial charge in [-0.25, -0.2) is 0 Å². The van der Waals surface area contributed by atoms with E-state index < -0.39 is 0 Å². The van der Waals surface area contributed by atoms with Gasteiger partial charge in [0.05, 0.1) is 0 Å². The van der Waals surface area contributed by atoms with Crippen LogP contribution in [0.2, 0.25) is 0 Å². The zero-order valence-corrected chi connectivity index (χ0v) is 7.85. The molecule has 2 bridgehead atoms. The second kappa shape index (κ2) is 1.82. The van der Waals surface area contributed by atoms with E-state index in [0.717, 1.165) is 5.92 Å². The third kappa shape index (κ3) is 0.658. The van der Waals surface area contributed by atoms with Gasteiger partial charge in [0.2, 0.25) is 0 Å². The molecule has 11 heavy (non-hydrogen) atoms. The summed E-state index contributed by atoms with van der Waals surface area (Å²) in [5.74, 6) is 0.905. The van der Waals surface area contributed by atoms with Crippen molar-refractivity contribution in [2.45, 2.75) is 46.1 Å². The molecule has 0 aliphatic heterocycles. The van der Waals surface area contributed by atoms with E-state index in [0.29, 0.717) is 16.9 Å². The third-order valence-electron chi connectivity index (χ3n) is 4.86. The average Bonchev–Trinajstić information content (AvgIpc) is 2.20. The summed E-state index contributed by atoms with van der Waals surface area (Å²) in [6.07, 6.45) is 4.03. The van der Waals surface area contributed by atoms with E-state index in [4.69, 9.17) is 5.73 Å². The molecule has 2 unspecified atom stereocenters. The summed E-state index contributed by atoms with van der Waals surface area (Å²) in [6.45, 7) is 7.18. The first-order valence-corrected chi connectivity index (χ1v) is 4.74. The van der Waals surface area contributed by atoms with E-state index in [2.05, 4.69) is 20.8 Å². The second-order valence-electron chi connectivity index (χ2n) is 5.22. The lowest BCUT2D eigenvalue weighted by atomic mass is 9.69. The molecule has 0 radical (unpaired) electrons. The first-order valence-electron chi connectivity index (χ1n) is 4.74. The summed E-state index contributed by atoms with van der Waals surface area (Å²) in [5.41, 5.74) is 7.08. The Morgan fingerprint density at radius 1 is 1.27 bits per heavy atom. The summed E-state index contributed by atoms with van der Waals surface area (Å²) >= 11 is 0. The maximum Gasteiger partial charge on any atom is 0.0101 e. The Labute approximate surface area is 69.4 Å². The van der Waals surface area contributed by atoms with Crippen LogP contribution in [0.3, 0.4) is 0 Å². The smallest absolute Gasteiger partial charge is 0.0101 e. The third-order valence-corrected chi connectivity index (χ3v) is 4.86.